The first kappa shape index (κ1) is 13.3. The molecule has 1 aromatic carbocycles. The van der Waals surface area contributed by atoms with Gasteiger partial charge in [-0.15, -0.1) is 0 Å². The molecule has 0 saturated carbocycles. The lowest BCUT2D eigenvalue weighted by atomic mass is 10.1. The highest BCUT2D eigenvalue weighted by molar-refractivity contribution is 5.92. The number of aryl methyl sites for hydroxylation is 3. The monoisotopic (exact) mass is 257 g/mol. The number of rotatable bonds is 4. The van der Waals surface area contributed by atoms with E-state index in [0.717, 1.165) is 17.8 Å². The van der Waals surface area contributed by atoms with Gasteiger partial charge in [0.05, 0.1) is 0 Å². The summed E-state index contributed by atoms with van der Waals surface area (Å²) in [7, 11) is 0. The maximum Gasteiger partial charge on any atom is 0.272 e. The van der Waals surface area contributed by atoms with Crippen LogP contribution in [0.1, 0.15) is 34.2 Å². The fourth-order valence-corrected chi connectivity index (χ4v) is 2.02. The summed E-state index contributed by atoms with van der Waals surface area (Å²) in [6.07, 6.45) is 0. The molecular formula is C15H19N3O. The number of carbonyl (C=O) groups excluding carboxylic acids is 1. The number of benzene rings is 1. The van der Waals surface area contributed by atoms with Gasteiger partial charge in [-0.2, -0.15) is 5.10 Å². The summed E-state index contributed by atoms with van der Waals surface area (Å²) in [4.78, 5) is 12.0. The highest BCUT2D eigenvalue weighted by Crippen LogP contribution is 2.07. The molecular weight excluding hydrogens is 238 g/mol. The fraction of sp³-hybridized carbons (Fsp3) is 0.333. The molecule has 0 spiro atoms. The number of carbonyl (C=O) groups is 1. The number of nitrogens with one attached hydrogen (secondary N) is 1. The van der Waals surface area contributed by atoms with Crippen LogP contribution in [0.15, 0.2) is 30.3 Å². The van der Waals surface area contributed by atoms with E-state index in [9.17, 15) is 4.79 Å². The molecule has 0 aliphatic heterocycles. The second-order valence-corrected chi connectivity index (χ2v) is 4.60. The van der Waals surface area contributed by atoms with Gasteiger partial charge < -0.3 is 5.32 Å². The minimum absolute atomic E-state index is 0.126. The number of aromatic nitrogens is 2. The molecule has 0 bridgehead atoms. The Kier molecular flexibility index (Phi) is 4.00. The number of nitrogens with zero attached hydrogens (tertiary/aromatic N) is 2. The Bertz CT molecular complexity index is 587. The van der Waals surface area contributed by atoms with Crippen LogP contribution in [0, 0.1) is 13.8 Å². The van der Waals surface area contributed by atoms with E-state index in [4.69, 9.17) is 0 Å². The Morgan fingerprint density at radius 2 is 2.05 bits per heavy atom. The molecule has 100 valence electrons. The molecule has 1 N–H and O–H groups in total. The SMILES string of the molecule is CCn1nc(C(=O)NCc2ccccc2C)cc1C. The molecule has 0 aliphatic carbocycles. The van der Waals surface area contributed by atoms with Crippen LogP contribution < -0.4 is 5.32 Å². The van der Waals surface area contributed by atoms with Gasteiger partial charge in [-0.25, -0.2) is 0 Å². The Morgan fingerprint density at radius 3 is 2.68 bits per heavy atom. The summed E-state index contributed by atoms with van der Waals surface area (Å²) in [5.41, 5.74) is 3.79. The number of hydrogen-bond donors (Lipinski definition) is 1. The van der Waals surface area contributed by atoms with E-state index in [0.29, 0.717) is 12.2 Å². The van der Waals surface area contributed by atoms with Gasteiger partial charge in [-0.3, -0.25) is 9.48 Å². The van der Waals surface area contributed by atoms with Crippen molar-refractivity contribution in [3.05, 3.63) is 52.8 Å². The molecule has 0 saturated heterocycles. The van der Waals surface area contributed by atoms with Gasteiger partial charge in [0.1, 0.15) is 5.69 Å². The van der Waals surface area contributed by atoms with E-state index < -0.39 is 0 Å². The summed E-state index contributed by atoms with van der Waals surface area (Å²) in [6, 6.07) is 9.84. The van der Waals surface area contributed by atoms with Crippen molar-refractivity contribution < 1.29 is 4.79 Å². The van der Waals surface area contributed by atoms with E-state index in [1.165, 1.54) is 5.56 Å². The Labute approximate surface area is 113 Å². The molecule has 2 rings (SSSR count). The predicted octanol–water partition coefficient (Wildman–Crippen LogP) is 2.45. The van der Waals surface area contributed by atoms with Gasteiger partial charge in [0.25, 0.3) is 5.91 Å². The highest BCUT2D eigenvalue weighted by Gasteiger charge is 2.11. The second kappa shape index (κ2) is 5.69. The quantitative estimate of drug-likeness (QED) is 0.914. The van der Waals surface area contributed by atoms with Crippen LogP contribution in [0.5, 0.6) is 0 Å². The lowest BCUT2D eigenvalue weighted by Crippen LogP contribution is -2.23. The van der Waals surface area contributed by atoms with E-state index >= 15 is 0 Å². The van der Waals surface area contributed by atoms with Crippen molar-refractivity contribution in [1.82, 2.24) is 15.1 Å². The van der Waals surface area contributed by atoms with Crippen molar-refractivity contribution >= 4 is 5.91 Å². The minimum Gasteiger partial charge on any atom is -0.347 e. The van der Waals surface area contributed by atoms with Crippen LogP contribution in [-0.2, 0) is 13.1 Å². The van der Waals surface area contributed by atoms with Crippen LogP contribution in [0.2, 0.25) is 0 Å². The zero-order valence-electron chi connectivity index (χ0n) is 11.6. The zero-order valence-corrected chi connectivity index (χ0v) is 11.6. The van der Waals surface area contributed by atoms with Crippen molar-refractivity contribution in [1.29, 1.82) is 0 Å². The molecule has 19 heavy (non-hydrogen) atoms. The molecule has 2 aromatic rings. The van der Waals surface area contributed by atoms with Gasteiger partial charge in [0.15, 0.2) is 0 Å². The Balaban J connectivity index is 2.03. The molecule has 0 fully saturated rings. The topological polar surface area (TPSA) is 46.9 Å². The fourth-order valence-electron chi connectivity index (χ4n) is 2.02. The van der Waals surface area contributed by atoms with Crippen molar-refractivity contribution in [3.63, 3.8) is 0 Å². The van der Waals surface area contributed by atoms with Crippen LogP contribution in [0.3, 0.4) is 0 Å². The van der Waals surface area contributed by atoms with Crippen molar-refractivity contribution in [2.45, 2.75) is 33.9 Å². The van der Waals surface area contributed by atoms with Crippen molar-refractivity contribution in [2.75, 3.05) is 0 Å². The molecule has 0 atom stereocenters. The number of hydrogen-bond acceptors (Lipinski definition) is 2. The summed E-state index contributed by atoms with van der Waals surface area (Å²) >= 11 is 0. The first-order valence-corrected chi connectivity index (χ1v) is 6.49. The average Bonchev–Trinajstić information content (AvgIpc) is 2.79. The number of amides is 1. The third kappa shape index (κ3) is 3.02. The second-order valence-electron chi connectivity index (χ2n) is 4.60. The van der Waals surface area contributed by atoms with Crippen LogP contribution in [-0.4, -0.2) is 15.7 Å². The Morgan fingerprint density at radius 1 is 1.32 bits per heavy atom. The third-order valence-electron chi connectivity index (χ3n) is 3.21. The van der Waals surface area contributed by atoms with Gasteiger partial charge in [0, 0.05) is 18.8 Å². The van der Waals surface area contributed by atoms with Crippen LogP contribution in [0.25, 0.3) is 0 Å². The Hall–Kier alpha value is -2.10. The van der Waals surface area contributed by atoms with Crippen LogP contribution >= 0.6 is 0 Å². The van der Waals surface area contributed by atoms with Crippen LogP contribution in [0.4, 0.5) is 0 Å². The minimum atomic E-state index is -0.126. The van der Waals surface area contributed by atoms with Crippen molar-refractivity contribution in [2.24, 2.45) is 0 Å². The average molecular weight is 257 g/mol. The van der Waals surface area contributed by atoms with E-state index in [1.807, 2.05) is 55.8 Å². The van der Waals surface area contributed by atoms with E-state index in [2.05, 4.69) is 10.4 Å². The standard InChI is InChI=1S/C15H19N3O/c1-4-18-12(3)9-14(17-18)15(19)16-10-13-8-6-5-7-11(13)2/h5-9H,4,10H2,1-3H3,(H,16,19). The third-order valence-corrected chi connectivity index (χ3v) is 3.21. The lowest BCUT2D eigenvalue weighted by Gasteiger charge is -2.06. The van der Waals surface area contributed by atoms with Gasteiger partial charge >= 0.3 is 0 Å². The van der Waals surface area contributed by atoms with E-state index in [1.54, 1.807) is 0 Å². The molecule has 0 radical (unpaired) electrons. The molecule has 1 aromatic heterocycles. The van der Waals surface area contributed by atoms with E-state index in [-0.39, 0.29) is 5.91 Å². The molecule has 1 heterocycles. The lowest BCUT2D eigenvalue weighted by molar-refractivity contribution is 0.0945. The smallest absolute Gasteiger partial charge is 0.272 e. The maximum atomic E-state index is 12.0. The molecule has 1 amide bonds. The molecule has 0 unspecified atom stereocenters. The molecule has 4 heteroatoms. The van der Waals surface area contributed by atoms with Gasteiger partial charge in [-0.05, 0) is 38.0 Å². The van der Waals surface area contributed by atoms with Crippen molar-refractivity contribution in [3.8, 4) is 0 Å². The predicted molar refractivity (Wildman–Crippen MR) is 75.0 cm³/mol. The largest absolute Gasteiger partial charge is 0.347 e. The molecule has 4 nitrogen and oxygen atoms in total. The first-order valence-electron chi connectivity index (χ1n) is 6.49. The van der Waals surface area contributed by atoms with Gasteiger partial charge in [-0.1, -0.05) is 24.3 Å². The van der Waals surface area contributed by atoms with Gasteiger partial charge in [0.2, 0.25) is 0 Å². The summed E-state index contributed by atoms with van der Waals surface area (Å²) < 4.78 is 1.82. The zero-order chi connectivity index (χ0) is 13.8. The maximum absolute atomic E-state index is 12.0. The summed E-state index contributed by atoms with van der Waals surface area (Å²) in [5, 5.41) is 7.17. The summed E-state index contributed by atoms with van der Waals surface area (Å²) in [5.74, 6) is -0.126. The molecule has 0 aliphatic rings. The normalized spacial score (nSPS) is 10.5. The summed E-state index contributed by atoms with van der Waals surface area (Å²) in [6.45, 7) is 7.31. The first-order chi connectivity index (χ1) is 9.11. The highest BCUT2D eigenvalue weighted by atomic mass is 16.1.